The van der Waals surface area contributed by atoms with Crippen LogP contribution in [0.1, 0.15) is 76.3 Å². The number of hydrogen-bond acceptors (Lipinski definition) is 6. The van der Waals surface area contributed by atoms with Crippen molar-refractivity contribution < 1.29 is 42.6 Å². The summed E-state index contributed by atoms with van der Waals surface area (Å²) in [6.45, 7) is -0.0687. The van der Waals surface area contributed by atoms with Crippen molar-refractivity contribution in [1.29, 1.82) is 0 Å². The summed E-state index contributed by atoms with van der Waals surface area (Å²) in [5.41, 5.74) is -1.12. The van der Waals surface area contributed by atoms with Gasteiger partial charge in [-0.1, -0.05) is 44.8 Å². The van der Waals surface area contributed by atoms with E-state index in [4.69, 9.17) is 23.8 Å². The van der Waals surface area contributed by atoms with Gasteiger partial charge in [0.2, 0.25) is 12.7 Å². The molecular formula is C29H39ClN2O6. The van der Waals surface area contributed by atoms with Crippen LogP contribution >= 0.6 is 12.4 Å². The van der Waals surface area contributed by atoms with Crippen molar-refractivity contribution in [2.45, 2.75) is 51.5 Å². The normalized spacial score (nSPS) is 26.2. The largest absolute Gasteiger partial charge is 0.497 e. The Morgan fingerprint density at radius 1 is 1.11 bits per heavy atom. The molecule has 2 heterocycles. The maximum Gasteiger partial charge on any atom is 0.309 e. The summed E-state index contributed by atoms with van der Waals surface area (Å²) < 4.78 is 104. The van der Waals surface area contributed by atoms with Crippen molar-refractivity contribution in [2.24, 2.45) is 5.89 Å². The van der Waals surface area contributed by atoms with Gasteiger partial charge in [-0.2, -0.15) is 0 Å². The van der Waals surface area contributed by atoms with Gasteiger partial charge < -0.3 is 24.2 Å². The predicted octanol–water partition coefficient (Wildman–Crippen LogP) is 5.12. The van der Waals surface area contributed by atoms with Crippen molar-refractivity contribution in [3.05, 3.63) is 53.4 Å². The van der Waals surface area contributed by atoms with E-state index in [2.05, 4.69) is 0 Å². The molecule has 0 aromatic heterocycles. The lowest BCUT2D eigenvalue weighted by Gasteiger charge is -2.30. The number of benzene rings is 2. The topological polar surface area (TPSA) is 88.5 Å². The van der Waals surface area contributed by atoms with Gasteiger partial charge in [-0.15, -0.1) is 12.4 Å². The molecule has 38 heavy (non-hydrogen) atoms. The highest BCUT2D eigenvalue weighted by molar-refractivity contribution is 5.85. The van der Waals surface area contributed by atoms with Crippen LogP contribution in [0.5, 0.6) is 17.2 Å². The zero-order valence-electron chi connectivity index (χ0n) is 31.6. The van der Waals surface area contributed by atoms with Gasteiger partial charge in [-0.05, 0) is 48.1 Å². The third-order valence-electron chi connectivity index (χ3n) is 6.32. The number of unbranched alkanes of at least 4 members (excludes halogenated alkanes) is 2. The maximum absolute atomic E-state index is 14.1. The van der Waals surface area contributed by atoms with Gasteiger partial charge in [-0.25, -0.2) is 0 Å². The monoisotopic (exact) mass is 556 g/mol. The standard InChI is InChI=1S/C29H38N2O6.ClH/c1-4-6-14-30(15-7-5-2)26(32)18-31-17-23(21-10-13-24-25(16-21)37-19-36-24)27(29(33)34)28(31)20-8-11-22(35-3)12-9-20;/h8-13,16,23,27-28H,4-7,14-15,17-19H2,1-3H3,(H,33,34);1H/t23-,27-,28+;/m1./s1/i8D,9D,10D,11D,12D,13D,16D,18D2,27D;. The number of nitrogens with zero attached hydrogens (tertiary/aromatic N) is 2. The molecule has 208 valence electrons. The van der Waals surface area contributed by atoms with Crippen molar-refractivity contribution in [1.82, 2.24) is 9.80 Å². The lowest BCUT2D eigenvalue weighted by Crippen LogP contribution is -2.42. The van der Waals surface area contributed by atoms with Gasteiger partial charge in [0.15, 0.2) is 11.5 Å². The Kier molecular flexibility index (Phi) is 6.62. The van der Waals surface area contributed by atoms with Crippen LogP contribution in [0.15, 0.2) is 42.3 Å². The van der Waals surface area contributed by atoms with E-state index in [1.165, 1.54) is 4.90 Å². The molecule has 1 N–H and O–H groups in total. The van der Waals surface area contributed by atoms with Gasteiger partial charge >= 0.3 is 5.97 Å². The number of ether oxygens (including phenoxy) is 3. The van der Waals surface area contributed by atoms with Gasteiger partial charge in [-0.3, -0.25) is 14.5 Å². The molecule has 0 aliphatic carbocycles. The molecule has 9 heteroatoms. The fraction of sp³-hybridized carbons (Fsp3) is 0.517. The van der Waals surface area contributed by atoms with Crippen LogP contribution in [0.25, 0.3) is 0 Å². The first kappa shape index (κ1) is 18.3. The summed E-state index contributed by atoms with van der Waals surface area (Å²) in [6, 6.07) is -6.97. The molecule has 0 spiro atoms. The Labute approximate surface area is 245 Å². The molecule has 0 bridgehead atoms. The molecule has 3 atom stereocenters. The van der Waals surface area contributed by atoms with Crippen LogP contribution in [0.4, 0.5) is 0 Å². The van der Waals surface area contributed by atoms with Crippen LogP contribution in [-0.2, 0) is 9.59 Å². The molecular weight excluding hydrogens is 508 g/mol. The van der Waals surface area contributed by atoms with E-state index in [0.29, 0.717) is 25.7 Å². The number of carboxylic acid groups (broad SMARTS) is 1. The molecule has 1 amide bonds. The Balaban J connectivity index is 0.00000625. The van der Waals surface area contributed by atoms with Gasteiger partial charge in [0.1, 0.15) is 5.75 Å². The Morgan fingerprint density at radius 2 is 1.74 bits per heavy atom. The molecule has 8 nitrogen and oxygen atoms in total. The number of aliphatic carboxylic acids is 1. The molecule has 1 fully saturated rings. The van der Waals surface area contributed by atoms with Gasteiger partial charge in [0, 0.05) is 33.0 Å². The molecule has 1 saturated heterocycles. The molecule has 0 saturated carbocycles. The minimum atomic E-state index is -3.07. The molecule has 2 aliphatic heterocycles. The zero-order valence-corrected chi connectivity index (χ0v) is 22.4. The fourth-order valence-electron chi connectivity index (χ4n) is 4.37. The van der Waals surface area contributed by atoms with Crippen LogP contribution < -0.4 is 14.2 Å². The summed E-state index contributed by atoms with van der Waals surface area (Å²) in [7, 11) is 1.12. The highest BCUT2D eigenvalue weighted by Gasteiger charge is 2.48. The molecule has 0 unspecified atom stereocenters. The molecule has 2 aromatic rings. The average Bonchev–Trinajstić information content (AvgIpc) is 3.64. The first-order chi connectivity index (χ1) is 22.0. The summed E-state index contributed by atoms with van der Waals surface area (Å²) in [4.78, 5) is 29.4. The van der Waals surface area contributed by atoms with Crippen LogP contribution in [-0.4, -0.2) is 66.8 Å². The van der Waals surface area contributed by atoms with Crippen LogP contribution in [0.2, 0.25) is 0 Å². The Hall–Kier alpha value is -2.97. The number of carbonyl (C=O) groups is 2. The summed E-state index contributed by atoms with van der Waals surface area (Å²) in [5.74, 6) is -8.71. The van der Waals surface area contributed by atoms with E-state index in [1.807, 2.05) is 13.8 Å². The van der Waals surface area contributed by atoms with E-state index >= 15 is 0 Å². The number of amides is 1. The summed E-state index contributed by atoms with van der Waals surface area (Å²) in [5, 5.41) is 10.8. The fourth-order valence-corrected chi connectivity index (χ4v) is 4.37. The first-order valence-corrected chi connectivity index (χ1v) is 12.4. The first-order valence-electron chi connectivity index (χ1n) is 17.4. The van der Waals surface area contributed by atoms with E-state index in [-0.39, 0.29) is 43.8 Å². The molecule has 2 aliphatic rings. The van der Waals surface area contributed by atoms with Gasteiger partial charge in [0.25, 0.3) is 0 Å². The lowest BCUT2D eigenvalue weighted by molar-refractivity contribution is -0.144. The lowest BCUT2D eigenvalue weighted by atomic mass is 9.82. The second kappa shape index (κ2) is 13.7. The van der Waals surface area contributed by atoms with E-state index in [1.54, 1.807) is 0 Å². The number of likely N-dealkylation sites (tertiary alicyclic amines) is 1. The second-order valence-electron chi connectivity index (χ2n) is 8.78. The van der Waals surface area contributed by atoms with E-state index in [9.17, 15) is 18.8 Å². The van der Waals surface area contributed by atoms with Crippen LogP contribution in [0.3, 0.4) is 0 Å². The third-order valence-corrected chi connectivity index (χ3v) is 6.32. The molecule has 2 aromatic carbocycles. The number of carboxylic acids is 1. The summed E-state index contributed by atoms with van der Waals surface area (Å²) in [6.07, 6.45) is 2.46. The second-order valence-corrected chi connectivity index (χ2v) is 8.78. The van der Waals surface area contributed by atoms with Gasteiger partial charge in [0.05, 0.1) is 31.8 Å². The third kappa shape index (κ3) is 6.53. The minimum Gasteiger partial charge on any atom is -0.497 e. The van der Waals surface area contributed by atoms with Crippen LogP contribution in [0, 0.1) is 5.89 Å². The van der Waals surface area contributed by atoms with Crippen molar-refractivity contribution in [3.8, 4) is 17.2 Å². The Bertz CT molecular complexity index is 1550. The molecule has 4 rings (SSSR count). The molecule has 0 radical (unpaired) electrons. The van der Waals surface area contributed by atoms with Crippen molar-refractivity contribution >= 4 is 24.3 Å². The quantitative estimate of drug-likeness (QED) is 0.388. The van der Waals surface area contributed by atoms with E-state index < -0.39 is 102 Å². The minimum absolute atomic E-state index is 0. The SMILES string of the molecule is Cl.[2H]c1c([2H])c([C@@H]2N(C([2H])([2H])C(=O)N(CCCC)CCCC)C[C@H](c3c([2H])c([2H])c4c(c3[2H])OCO4)[C@@]2([2H])C(=O)O)c([2H])c([2H])c1OC. The Morgan fingerprint density at radius 3 is 2.34 bits per heavy atom. The summed E-state index contributed by atoms with van der Waals surface area (Å²) >= 11 is 0. The number of carbonyl (C=O) groups excluding carboxylic acids is 1. The average molecular weight is 557 g/mol. The van der Waals surface area contributed by atoms with E-state index in [0.717, 1.165) is 12.0 Å². The number of halogens is 1. The smallest absolute Gasteiger partial charge is 0.309 e. The number of hydrogen-bond donors (Lipinski definition) is 1. The zero-order chi connectivity index (χ0) is 35.2. The predicted molar refractivity (Wildman–Crippen MR) is 147 cm³/mol. The van der Waals surface area contributed by atoms with Crippen molar-refractivity contribution in [3.63, 3.8) is 0 Å². The van der Waals surface area contributed by atoms with Crippen molar-refractivity contribution in [2.75, 3.05) is 40.0 Å². The number of fused-ring (bicyclic) bond motifs is 1. The maximum atomic E-state index is 14.1. The number of methoxy groups -OCH3 is 1. The highest BCUT2D eigenvalue weighted by atomic mass is 35.5. The number of rotatable bonds is 12. The highest BCUT2D eigenvalue weighted by Crippen LogP contribution is 2.47.